The minimum Gasteiger partial charge on any atom is -0.474 e. The number of hydrogen-bond donors (Lipinski definition) is 0. The molecule has 1 aromatic heterocycles. The molecule has 0 N–H and O–H groups in total. The number of likely N-dealkylation sites (tertiary alicyclic amines) is 2. The van der Waals surface area contributed by atoms with Gasteiger partial charge in [-0.25, -0.2) is 4.98 Å². The molecule has 3 heterocycles. The zero-order chi connectivity index (χ0) is 16.4. The van der Waals surface area contributed by atoms with Gasteiger partial charge in [-0.05, 0) is 13.0 Å². The lowest BCUT2D eigenvalue weighted by atomic mass is 10.0. The van der Waals surface area contributed by atoms with Gasteiger partial charge >= 0.3 is 0 Å². The fourth-order valence-electron chi connectivity index (χ4n) is 3.24. The van der Waals surface area contributed by atoms with Gasteiger partial charge in [0, 0.05) is 57.7 Å². The highest BCUT2D eigenvalue weighted by atomic mass is 16.5. The Labute approximate surface area is 136 Å². The summed E-state index contributed by atoms with van der Waals surface area (Å²) in [5.41, 5.74) is 0.935. The first-order valence-electron chi connectivity index (χ1n) is 8.16. The minimum atomic E-state index is -0.177. The molecule has 0 bridgehead atoms. The quantitative estimate of drug-likeness (QED) is 0.841. The smallest absolute Gasteiger partial charge is 0.227 e. The van der Waals surface area contributed by atoms with Crippen LogP contribution in [0.2, 0.25) is 0 Å². The molecule has 124 valence electrons. The van der Waals surface area contributed by atoms with Crippen LogP contribution in [0.25, 0.3) is 0 Å². The SMILES string of the molecule is Cc1cccc(OC2CCN(C(=O)C3CC(=O)N(C)C3)CC2)n1. The first-order valence-corrected chi connectivity index (χ1v) is 8.16. The van der Waals surface area contributed by atoms with Crippen molar-refractivity contribution in [3.63, 3.8) is 0 Å². The molecule has 3 rings (SSSR count). The second kappa shape index (κ2) is 6.56. The monoisotopic (exact) mass is 317 g/mol. The normalized spacial score (nSPS) is 22.5. The number of piperidine rings is 1. The van der Waals surface area contributed by atoms with E-state index in [4.69, 9.17) is 4.74 Å². The molecule has 2 fully saturated rings. The van der Waals surface area contributed by atoms with Crippen molar-refractivity contribution in [3.8, 4) is 5.88 Å². The maximum atomic E-state index is 12.5. The second-order valence-electron chi connectivity index (χ2n) is 6.44. The van der Waals surface area contributed by atoms with E-state index in [9.17, 15) is 9.59 Å². The topological polar surface area (TPSA) is 62.7 Å². The highest BCUT2D eigenvalue weighted by molar-refractivity contribution is 5.89. The number of aromatic nitrogens is 1. The molecule has 0 spiro atoms. The molecule has 1 aromatic rings. The van der Waals surface area contributed by atoms with Gasteiger partial charge < -0.3 is 14.5 Å². The van der Waals surface area contributed by atoms with Crippen molar-refractivity contribution in [2.45, 2.75) is 32.3 Å². The minimum absolute atomic E-state index is 0.0621. The predicted molar refractivity (Wildman–Crippen MR) is 84.9 cm³/mol. The fourth-order valence-corrected chi connectivity index (χ4v) is 3.24. The van der Waals surface area contributed by atoms with Crippen LogP contribution in [0.4, 0.5) is 0 Å². The summed E-state index contributed by atoms with van der Waals surface area (Å²) >= 11 is 0. The van der Waals surface area contributed by atoms with E-state index in [2.05, 4.69) is 4.98 Å². The lowest BCUT2D eigenvalue weighted by molar-refractivity contribution is -0.137. The van der Waals surface area contributed by atoms with Gasteiger partial charge in [0.15, 0.2) is 0 Å². The van der Waals surface area contributed by atoms with E-state index in [1.165, 1.54) is 0 Å². The molecular formula is C17H23N3O3. The molecule has 6 heteroatoms. The highest BCUT2D eigenvalue weighted by Gasteiger charge is 2.36. The zero-order valence-corrected chi connectivity index (χ0v) is 13.7. The Kier molecular flexibility index (Phi) is 4.50. The van der Waals surface area contributed by atoms with E-state index >= 15 is 0 Å². The fraction of sp³-hybridized carbons (Fsp3) is 0.588. The number of aryl methyl sites for hydroxylation is 1. The molecule has 0 aliphatic carbocycles. The molecule has 0 aromatic carbocycles. The Morgan fingerprint density at radius 2 is 2.04 bits per heavy atom. The van der Waals surface area contributed by atoms with Gasteiger partial charge in [0.05, 0.1) is 5.92 Å². The van der Waals surface area contributed by atoms with Crippen LogP contribution >= 0.6 is 0 Å². The van der Waals surface area contributed by atoms with Crippen LogP contribution in [-0.2, 0) is 9.59 Å². The van der Waals surface area contributed by atoms with E-state index in [1.807, 2.05) is 30.0 Å². The van der Waals surface area contributed by atoms with Crippen LogP contribution < -0.4 is 4.74 Å². The number of nitrogens with zero attached hydrogens (tertiary/aromatic N) is 3. The Bertz CT molecular complexity index is 597. The Morgan fingerprint density at radius 1 is 1.30 bits per heavy atom. The molecule has 0 radical (unpaired) electrons. The van der Waals surface area contributed by atoms with Crippen LogP contribution in [0.5, 0.6) is 5.88 Å². The highest BCUT2D eigenvalue weighted by Crippen LogP contribution is 2.22. The first-order chi connectivity index (χ1) is 11.0. The van der Waals surface area contributed by atoms with Gasteiger partial charge in [-0.2, -0.15) is 0 Å². The Morgan fingerprint density at radius 3 is 2.65 bits per heavy atom. The number of hydrogen-bond acceptors (Lipinski definition) is 4. The number of amides is 2. The Balaban J connectivity index is 1.50. The molecular weight excluding hydrogens is 294 g/mol. The van der Waals surface area contributed by atoms with Gasteiger partial charge in [-0.1, -0.05) is 6.07 Å². The number of ether oxygens (including phenoxy) is 1. The summed E-state index contributed by atoms with van der Waals surface area (Å²) in [4.78, 5) is 31.9. The molecule has 1 atom stereocenters. The van der Waals surface area contributed by atoms with Gasteiger partial charge in [0.2, 0.25) is 17.7 Å². The molecule has 2 amide bonds. The van der Waals surface area contributed by atoms with Gasteiger partial charge in [-0.15, -0.1) is 0 Å². The van der Waals surface area contributed by atoms with Gasteiger partial charge in [-0.3, -0.25) is 9.59 Å². The van der Waals surface area contributed by atoms with Gasteiger partial charge in [0.25, 0.3) is 0 Å². The number of carbonyl (C=O) groups excluding carboxylic acids is 2. The summed E-state index contributed by atoms with van der Waals surface area (Å²) in [7, 11) is 1.75. The summed E-state index contributed by atoms with van der Waals surface area (Å²) in [5, 5.41) is 0. The molecule has 2 aliphatic heterocycles. The molecule has 1 unspecified atom stereocenters. The maximum absolute atomic E-state index is 12.5. The van der Waals surface area contributed by atoms with Crippen molar-refractivity contribution < 1.29 is 14.3 Å². The summed E-state index contributed by atoms with van der Waals surface area (Å²) in [5.74, 6) is 0.642. The third kappa shape index (κ3) is 3.63. The van der Waals surface area contributed by atoms with Crippen molar-refractivity contribution >= 4 is 11.8 Å². The van der Waals surface area contributed by atoms with Crippen LogP contribution in [0.15, 0.2) is 18.2 Å². The van der Waals surface area contributed by atoms with Crippen molar-refractivity contribution in [1.82, 2.24) is 14.8 Å². The summed E-state index contributed by atoms with van der Waals surface area (Å²) < 4.78 is 5.91. The number of carbonyl (C=O) groups is 2. The zero-order valence-electron chi connectivity index (χ0n) is 13.7. The van der Waals surface area contributed by atoms with E-state index in [1.54, 1.807) is 11.9 Å². The van der Waals surface area contributed by atoms with E-state index in [0.717, 1.165) is 18.5 Å². The molecule has 6 nitrogen and oxygen atoms in total. The van der Waals surface area contributed by atoms with Crippen LogP contribution in [0, 0.1) is 12.8 Å². The Hall–Kier alpha value is -2.11. The first kappa shape index (κ1) is 15.8. The molecule has 2 saturated heterocycles. The second-order valence-corrected chi connectivity index (χ2v) is 6.44. The summed E-state index contributed by atoms with van der Waals surface area (Å²) in [6.07, 6.45) is 2.05. The van der Waals surface area contributed by atoms with E-state index < -0.39 is 0 Å². The standard InChI is InChI=1S/C17H23N3O3/c1-12-4-3-5-15(18-12)23-14-6-8-20(9-7-14)17(22)13-10-16(21)19(2)11-13/h3-5,13-14H,6-11H2,1-2H3. The van der Waals surface area contributed by atoms with Crippen molar-refractivity contribution in [2.24, 2.45) is 5.92 Å². The van der Waals surface area contributed by atoms with Crippen LogP contribution in [0.3, 0.4) is 0 Å². The summed E-state index contributed by atoms with van der Waals surface area (Å²) in [6.45, 7) is 3.85. The summed E-state index contributed by atoms with van der Waals surface area (Å²) in [6, 6.07) is 5.74. The van der Waals surface area contributed by atoms with Gasteiger partial charge in [0.1, 0.15) is 6.10 Å². The van der Waals surface area contributed by atoms with E-state index in [0.29, 0.717) is 31.9 Å². The van der Waals surface area contributed by atoms with Crippen LogP contribution in [0.1, 0.15) is 25.0 Å². The van der Waals surface area contributed by atoms with Crippen molar-refractivity contribution in [2.75, 3.05) is 26.7 Å². The van der Waals surface area contributed by atoms with Crippen LogP contribution in [-0.4, -0.2) is 59.4 Å². The lowest BCUT2D eigenvalue weighted by Gasteiger charge is -2.33. The van der Waals surface area contributed by atoms with Crippen molar-refractivity contribution in [1.29, 1.82) is 0 Å². The van der Waals surface area contributed by atoms with E-state index in [-0.39, 0.29) is 23.8 Å². The lowest BCUT2D eigenvalue weighted by Crippen LogP contribution is -2.44. The third-order valence-electron chi connectivity index (χ3n) is 4.59. The predicted octanol–water partition coefficient (Wildman–Crippen LogP) is 1.24. The molecule has 23 heavy (non-hydrogen) atoms. The number of rotatable bonds is 3. The molecule has 2 aliphatic rings. The largest absolute Gasteiger partial charge is 0.474 e. The number of pyridine rings is 1. The van der Waals surface area contributed by atoms with Crippen molar-refractivity contribution in [3.05, 3.63) is 23.9 Å². The third-order valence-corrected chi connectivity index (χ3v) is 4.59. The average molecular weight is 317 g/mol. The average Bonchev–Trinajstić information content (AvgIpc) is 2.87. The maximum Gasteiger partial charge on any atom is 0.227 e. The molecule has 0 saturated carbocycles.